The molecule has 0 amide bonds. The highest BCUT2D eigenvalue weighted by atomic mass is 16.6. The average Bonchev–Trinajstić information content (AvgIpc) is 2.03. The van der Waals surface area contributed by atoms with Crippen LogP contribution in [-0.2, 0) is 9.47 Å². The molecule has 1 unspecified atom stereocenters. The van der Waals surface area contributed by atoms with Gasteiger partial charge >= 0.3 is 0 Å². The second kappa shape index (κ2) is 4.04. The van der Waals surface area contributed by atoms with Crippen molar-refractivity contribution in [3.63, 3.8) is 0 Å². The number of rotatable bonds is 3. The molecule has 1 fully saturated rings. The van der Waals surface area contributed by atoms with E-state index in [0.29, 0.717) is 19.8 Å². The first-order valence-corrected chi connectivity index (χ1v) is 4.27. The summed E-state index contributed by atoms with van der Waals surface area (Å²) in [5, 5.41) is 0. The van der Waals surface area contributed by atoms with Gasteiger partial charge in [-0.05, 0) is 12.8 Å². The molecule has 0 aromatic heterocycles. The van der Waals surface area contributed by atoms with Gasteiger partial charge in [-0.3, -0.25) is 0 Å². The summed E-state index contributed by atoms with van der Waals surface area (Å²) in [4.78, 5) is 0. The van der Waals surface area contributed by atoms with Crippen LogP contribution in [-0.4, -0.2) is 25.5 Å². The highest BCUT2D eigenvalue weighted by Gasteiger charge is 2.28. The topological polar surface area (TPSA) is 44.5 Å². The molecule has 3 nitrogen and oxygen atoms in total. The summed E-state index contributed by atoms with van der Waals surface area (Å²) in [6, 6.07) is 0. The average molecular weight is 159 g/mol. The molecular weight excluding hydrogens is 142 g/mol. The molecule has 66 valence electrons. The summed E-state index contributed by atoms with van der Waals surface area (Å²) in [5.74, 6) is 0. The van der Waals surface area contributed by atoms with Crippen LogP contribution in [0.1, 0.15) is 26.2 Å². The van der Waals surface area contributed by atoms with Crippen LogP contribution < -0.4 is 5.73 Å². The van der Waals surface area contributed by atoms with Gasteiger partial charge in [0.05, 0.1) is 19.8 Å². The Bertz CT molecular complexity index is 111. The van der Waals surface area contributed by atoms with Crippen molar-refractivity contribution in [1.29, 1.82) is 0 Å². The standard InChI is InChI=1S/C8H17NO2/c1-2-3-4-8(9)7-10-5-6-11-8/h2-7,9H2,1H3. The Hall–Kier alpha value is -0.120. The SMILES string of the molecule is CCCCC1(N)COCCO1. The first-order valence-electron chi connectivity index (χ1n) is 4.27. The van der Waals surface area contributed by atoms with Gasteiger partial charge in [0.15, 0.2) is 0 Å². The first-order chi connectivity index (χ1) is 5.27. The monoisotopic (exact) mass is 159 g/mol. The lowest BCUT2D eigenvalue weighted by Gasteiger charge is -2.33. The summed E-state index contributed by atoms with van der Waals surface area (Å²) < 4.78 is 10.7. The summed E-state index contributed by atoms with van der Waals surface area (Å²) in [6.07, 6.45) is 3.17. The molecule has 1 saturated heterocycles. The molecule has 1 heterocycles. The Morgan fingerprint density at radius 1 is 1.45 bits per heavy atom. The quantitative estimate of drug-likeness (QED) is 0.664. The van der Waals surface area contributed by atoms with Gasteiger partial charge in [0.2, 0.25) is 0 Å². The highest BCUT2D eigenvalue weighted by Crippen LogP contribution is 2.16. The Kier molecular flexibility index (Phi) is 3.30. The minimum Gasteiger partial charge on any atom is -0.375 e. The second-order valence-corrected chi connectivity index (χ2v) is 3.07. The van der Waals surface area contributed by atoms with Crippen LogP contribution in [0.15, 0.2) is 0 Å². The zero-order valence-corrected chi connectivity index (χ0v) is 7.14. The minimum absolute atomic E-state index is 0.492. The predicted octanol–water partition coefficient (Wildman–Crippen LogP) is 0.878. The highest BCUT2D eigenvalue weighted by molar-refractivity contribution is 4.74. The Morgan fingerprint density at radius 2 is 2.27 bits per heavy atom. The van der Waals surface area contributed by atoms with Crippen LogP contribution in [0, 0.1) is 0 Å². The van der Waals surface area contributed by atoms with Crippen molar-refractivity contribution in [3.05, 3.63) is 0 Å². The van der Waals surface area contributed by atoms with Crippen molar-refractivity contribution in [2.24, 2.45) is 5.73 Å². The van der Waals surface area contributed by atoms with Gasteiger partial charge in [0, 0.05) is 0 Å². The van der Waals surface area contributed by atoms with Gasteiger partial charge in [-0.15, -0.1) is 0 Å². The fraction of sp³-hybridized carbons (Fsp3) is 1.00. The molecular formula is C8H17NO2. The molecule has 2 N–H and O–H groups in total. The van der Waals surface area contributed by atoms with E-state index in [1.807, 2.05) is 0 Å². The molecule has 0 bridgehead atoms. The fourth-order valence-electron chi connectivity index (χ4n) is 1.21. The molecule has 3 heteroatoms. The lowest BCUT2D eigenvalue weighted by Crippen LogP contribution is -2.51. The fourth-order valence-corrected chi connectivity index (χ4v) is 1.21. The van der Waals surface area contributed by atoms with E-state index in [-0.39, 0.29) is 0 Å². The molecule has 1 atom stereocenters. The van der Waals surface area contributed by atoms with E-state index in [1.165, 1.54) is 0 Å². The van der Waals surface area contributed by atoms with E-state index in [0.717, 1.165) is 19.3 Å². The van der Waals surface area contributed by atoms with Crippen LogP contribution in [0.4, 0.5) is 0 Å². The number of nitrogens with two attached hydrogens (primary N) is 1. The largest absolute Gasteiger partial charge is 0.375 e. The van der Waals surface area contributed by atoms with Crippen LogP contribution >= 0.6 is 0 Å². The van der Waals surface area contributed by atoms with Gasteiger partial charge in [-0.2, -0.15) is 0 Å². The zero-order valence-electron chi connectivity index (χ0n) is 7.14. The molecule has 0 spiro atoms. The maximum Gasteiger partial charge on any atom is 0.140 e. The summed E-state index contributed by atoms with van der Waals surface area (Å²) in [6.45, 7) is 4.02. The molecule has 1 aliphatic rings. The summed E-state index contributed by atoms with van der Waals surface area (Å²) in [7, 11) is 0. The Labute approximate surface area is 67.9 Å². The molecule has 11 heavy (non-hydrogen) atoms. The Morgan fingerprint density at radius 3 is 2.82 bits per heavy atom. The van der Waals surface area contributed by atoms with Crippen molar-refractivity contribution < 1.29 is 9.47 Å². The summed E-state index contributed by atoms with van der Waals surface area (Å²) in [5.41, 5.74) is 5.41. The van der Waals surface area contributed by atoms with E-state index in [1.54, 1.807) is 0 Å². The van der Waals surface area contributed by atoms with Crippen LogP contribution in [0.25, 0.3) is 0 Å². The van der Waals surface area contributed by atoms with E-state index >= 15 is 0 Å². The van der Waals surface area contributed by atoms with Gasteiger partial charge < -0.3 is 15.2 Å². The maximum absolute atomic E-state index is 5.90. The molecule has 0 radical (unpaired) electrons. The second-order valence-electron chi connectivity index (χ2n) is 3.07. The maximum atomic E-state index is 5.90. The van der Waals surface area contributed by atoms with Gasteiger partial charge in [-0.25, -0.2) is 0 Å². The summed E-state index contributed by atoms with van der Waals surface area (Å²) >= 11 is 0. The number of unbranched alkanes of at least 4 members (excludes halogenated alkanes) is 1. The third kappa shape index (κ3) is 2.77. The zero-order chi connectivity index (χ0) is 8.16. The number of hydrogen-bond donors (Lipinski definition) is 1. The van der Waals surface area contributed by atoms with Crippen molar-refractivity contribution in [2.75, 3.05) is 19.8 Å². The predicted molar refractivity (Wildman–Crippen MR) is 43.2 cm³/mol. The molecule has 0 aromatic carbocycles. The van der Waals surface area contributed by atoms with Crippen molar-refractivity contribution in [2.45, 2.75) is 31.9 Å². The normalized spacial score (nSPS) is 32.2. The minimum atomic E-state index is -0.492. The Balaban J connectivity index is 2.25. The molecule has 1 rings (SSSR count). The lowest BCUT2D eigenvalue weighted by atomic mass is 10.1. The van der Waals surface area contributed by atoms with Gasteiger partial charge in [0.25, 0.3) is 0 Å². The number of hydrogen-bond acceptors (Lipinski definition) is 3. The van der Waals surface area contributed by atoms with Crippen molar-refractivity contribution in [1.82, 2.24) is 0 Å². The first kappa shape index (κ1) is 8.97. The van der Waals surface area contributed by atoms with E-state index in [4.69, 9.17) is 15.2 Å². The van der Waals surface area contributed by atoms with Crippen LogP contribution in [0.5, 0.6) is 0 Å². The van der Waals surface area contributed by atoms with Gasteiger partial charge in [0.1, 0.15) is 5.72 Å². The number of ether oxygens (including phenoxy) is 2. The third-order valence-corrected chi connectivity index (χ3v) is 1.92. The van der Waals surface area contributed by atoms with E-state index < -0.39 is 5.72 Å². The molecule has 0 aromatic rings. The molecule has 0 aliphatic carbocycles. The lowest BCUT2D eigenvalue weighted by molar-refractivity contribution is -0.158. The van der Waals surface area contributed by atoms with Gasteiger partial charge in [-0.1, -0.05) is 13.3 Å². The van der Waals surface area contributed by atoms with E-state index in [9.17, 15) is 0 Å². The third-order valence-electron chi connectivity index (χ3n) is 1.92. The van der Waals surface area contributed by atoms with Crippen molar-refractivity contribution >= 4 is 0 Å². The van der Waals surface area contributed by atoms with Crippen LogP contribution in [0.3, 0.4) is 0 Å². The van der Waals surface area contributed by atoms with Crippen LogP contribution in [0.2, 0.25) is 0 Å². The van der Waals surface area contributed by atoms with Crippen molar-refractivity contribution in [3.8, 4) is 0 Å². The molecule has 1 aliphatic heterocycles. The molecule has 0 saturated carbocycles. The van der Waals surface area contributed by atoms with E-state index in [2.05, 4.69) is 6.92 Å². The smallest absolute Gasteiger partial charge is 0.140 e.